The topological polar surface area (TPSA) is 128 Å². The van der Waals surface area contributed by atoms with Crippen molar-refractivity contribution in [3.8, 4) is 17.6 Å². The van der Waals surface area contributed by atoms with E-state index in [0.717, 1.165) is 28.0 Å². The van der Waals surface area contributed by atoms with Crippen molar-refractivity contribution in [3.05, 3.63) is 123 Å². The predicted molar refractivity (Wildman–Crippen MR) is 203 cm³/mol. The molecule has 0 bridgehead atoms. The van der Waals surface area contributed by atoms with Crippen LogP contribution in [-0.4, -0.2) is 67.9 Å². The van der Waals surface area contributed by atoms with Gasteiger partial charge in [0.2, 0.25) is 0 Å². The zero-order valence-corrected chi connectivity index (χ0v) is 32.2. The maximum Gasteiger partial charge on any atom is 0.328 e. The Bertz CT molecular complexity index is 1870. The molecule has 12 heteroatoms. The van der Waals surface area contributed by atoms with E-state index in [1.807, 2.05) is 78.9 Å². The molecule has 0 amide bonds. The Morgan fingerprint density at radius 2 is 1.49 bits per heavy atom. The Labute approximate surface area is 304 Å². The third kappa shape index (κ3) is 8.25. The first-order valence-corrected chi connectivity index (χ1v) is 21.0. The molecule has 0 aliphatic carbocycles. The predicted octanol–water partition coefficient (Wildman–Crippen LogP) is 6.76. The van der Waals surface area contributed by atoms with Gasteiger partial charge in [0.05, 0.1) is 31.5 Å². The lowest BCUT2D eigenvalue weighted by molar-refractivity contribution is -0.0956. The van der Waals surface area contributed by atoms with Crippen LogP contribution >= 0.6 is 11.4 Å². The standard InChI is InChI=1S/C39H49N3O7SSi/c1-38(2,3)51(6,7)49-35-34(43)32(48-36(35)42-24-22-33(41-37(42)44)50-25-11-23-40)26-47-39(27-12-9-8-10-13-27,28-14-18-30(45-4)19-15-28)29-16-20-31(46-5)21-17-29/h8-10,12-22,24,32,34-36,43,50H,11,25-26H2,1-7H3,(H,41,44)/t32-,34+,35-,36-/m1/s1. The number of thiol groups is 1. The summed E-state index contributed by atoms with van der Waals surface area (Å²) in [5.41, 5.74) is 1.03. The van der Waals surface area contributed by atoms with Crippen LogP contribution in [0.4, 0.5) is 0 Å². The maximum atomic E-state index is 13.5. The van der Waals surface area contributed by atoms with Crippen molar-refractivity contribution in [1.82, 2.24) is 9.55 Å². The molecular formula is C39H49N3O7SSi. The van der Waals surface area contributed by atoms with Gasteiger partial charge >= 0.3 is 5.69 Å². The molecule has 4 atom stereocenters. The van der Waals surface area contributed by atoms with Gasteiger partial charge in [0.25, 0.3) is 0 Å². The molecule has 0 saturated carbocycles. The second kappa shape index (κ2) is 16.2. The molecule has 51 heavy (non-hydrogen) atoms. The van der Waals surface area contributed by atoms with Gasteiger partial charge in [-0.1, -0.05) is 75.4 Å². The van der Waals surface area contributed by atoms with Crippen LogP contribution in [0.15, 0.2) is 95.9 Å². The average molecular weight is 732 g/mol. The fourth-order valence-corrected chi connectivity index (χ4v) is 8.05. The third-order valence-electron chi connectivity index (χ3n) is 9.83. The number of aliphatic hydroxyl groups is 1. The van der Waals surface area contributed by atoms with E-state index in [-0.39, 0.29) is 11.6 Å². The summed E-state index contributed by atoms with van der Waals surface area (Å²) in [7, 11) is 0.790. The second-order valence-corrected chi connectivity index (χ2v) is 20.0. The van der Waals surface area contributed by atoms with Gasteiger partial charge in [0.15, 0.2) is 14.5 Å². The molecular weight excluding hydrogens is 683 g/mol. The minimum atomic E-state index is -2.46. The number of nitrogens with one attached hydrogen (secondary N) is 1. The van der Waals surface area contributed by atoms with E-state index in [2.05, 4.69) is 44.9 Å². The third-order valence-corrected chi connectivity index (χ3v) is 15.4. The van der Waals surface area contributed by atoms with Gasteiger partial charge in [-0.15, -0.1) is 0 Å². The quantitative estimate of drug-likeness (QED) is 0.0453. The van der Waals surface area contributed by atoms with E-state index in [1.54, 1.807) is 26.5 Å². The summed E-state index contributed by atoms with van der Waals surface area (Å²) < 4.78 is 33.6. The number of aromatic amines is 1. The summed E-state index contributed by atoms with van der Waals surface area (Å²) in [4.78, 5) is 16.5. The van der Waals surface area contributed by atoms with Gasteiger partial charge in [-0.25, -0.2) is 4.79 Å². The van der Waals surface area contributed by atoms with E-state index in [9.17, 15) is 9.90 Å². The molecule has 0 radical (unpaired) electrons. The Balaban J connectivity index is 1.58. The van der Waals surface area contributed by atoms with Gasteiger partial charge in [0, 0.05) is 18.4 Å². The molecule has 10 nitrogen and oxygen atoms in total. The van der Waals surface area contributed by atoms with Crippen LogP contribution in [-0.2, 0) is 19.5 Å². The van der Waals surface area contributed by atoms with Crippen LogP contribution < -0.4 is 15.2 Å². The number of methoxy groups -OCH3 is 2. The molecule has 1 aliphatic heterocycles. The highest BCUT2D eigenvalue weighted by atomic mass is 32.1. The van der Waals surface area contributed by atoms with E-state index >= 15 is 0 Å². The number of nitriles is 1. The van der Waals surface area contributed by atoms with E-state index in [1.165, 1.54) is 4.57 Å². The molecule has 3 aromatic carbocycles. The number of nitrogens with zero attached hydrogens (tertiary/aromatic N) is 2. The molecule has 272 valence electrons. The van der Waals surface area contributed by atoms with Crippen molar-refractivity contribution in [3.63, 3.8) is 0 Å². The van der Waals surface area contributed by atoms with Crippen molar-refractivity contribution in [1.29, 1.82) is 5.26 Å². The zero-order chi connectivity index (χ0) is 36.8. The molecule has 1 fully saturated rings. The molecule has 5 rings (SSSR count). The number of aliphatic hydroxyl groups excluding tert-OH is 1. The first-order valence-electron chi connectivity index (χ1n) is 17.0. The summed E-state index contributed by atoms with van der Waals surface area (Å²) in [6.07, 6.45) is -1.70. The van der Waals surface area contributed by atoms with Crippen molar-refractivity contribution >= 4 is 19.7 Å². The van der Waals surface area contributed by atoms with E-state index in [4.69, 9.17) is 28.6 Å². The second-order valence-electron chi connectivity index (χ2n) is 14.0. The van der Waals surface area contributed by atoms with Gasteiger partial charge in [-0.2, -0.15) is 16.6 Å². The largest absolute Gasteiger partial charge is 0.497 e. The van der Waals surface area contributed by atoms with Crippen LogP contribution in [0.3, 0.4) is 0 Å². The van der Waals surface area contributed by atoms with Crippen molar-refractivity contribution in [2.24, 2.45) is 0 Å². The van der Waals surface area contributed by atoms with Crippen LogP contribution in [0.2, 0.25) is 18.1 Å². The van der Waals surface area contributed by atoms with E-state index in [0.29, 0.717) is 28.3 Å². The summed E-state index contributed by atoms with van der Waals surface area (Å²) in [5.74, 6) is 2.02. The lowest BCUT2D eigenvalue weighted by atomic mass is 9.80. The molecule has 1 aromatic heterocycles. The van der Waals surface area contributed by atoms with Gasteiger partial charge in [-0.05, 0) is 65.2 Å². The van der Waals surface area contributed by atoms with Crippen LogP contribution in [0.5, 0.6) is 11.5 Å². The highest BCUT2D eigenvalue weighted by Gasteiger charge is 2.51. The molecule has 2 heterocycles. The van der Waals surface area contributed by atoms with Crippen LogP contribution in [0.1, 0.15) is 50.1 Å². The Hall–Kier alpha value is -3.96. The monoisotopic (exact) mass is 731 g/mol. The van der Waals surface area contributed by atoms with Crippen molar-refractivity contribution in [2.75, 3.05) is 26.6 Å². The van der Waals surface area contributed by atoms with Crippen molar-refractivity contribution in [2.45, 2.75) is 75.5 Å². The lowest BCUT2D eigenvalue weighted by Gasteiger charge is -2.40. The highest BCUT2D eigenvalue weighted by molar-refractivity contribution is 7.91. The van der Waals surface area contributed by atoms with Crippen molar-refractivity contribution < 1.29 is 28.5 Å². The number of hydrogen-bond acceptors (Lipinski definition) is 8. The first kappa shape index (κ1) is 38.3. The van der Waals surface area contributed by atoms with Crippen LogP contribution in [0, 0.1) is 16.0 Å². The number of aromatic nitrogens is 2. The zero-order valence-electron chi connectivity index (χ0n) is 30.3. The number of benzene rings is 3. The number of hydrogen-bond donors (Lipinski definition) is 3. The smallest absolute Gasteiger partial charge is 0.328 e. The van der Waals surface area contributed by atoms with E-state index < -0.39 is 44.1 Å². The molecule has 1 aliphatic rings. The summed E-state index contributed by atoms with van der Waals surface area (Å²) in [6.45, 7) is 10.6. The van der Waals surface area contributed by atoms with Crippen LogP contribution in [0.25, 0.3) is 0 Å². The fraction of sp³-hybridized carbons (Fsp3) is 0.410. The molecule has 1 saturated heterocycles. The van der Waals surface area contributed by atoms with Gasteiger partial charge in [-0.3, -0.25) is 4.57 Å². The minimum absolute atomic E-state index is 0.0364. The number of ether oxygens (including phenoxy) is 4. The Kier molecular flexibility index (Phi) is 12.1. The number of H-pyrrole nitrogens is 1. The fourth-order valence-electron chi connectivity index (χ4n) is 5.96. The highest BCUT2D eigenvalue weighted by Crippen LogP contribution is 2.45. The molecule has 4 aromatic rings. The Morgan fingerprint density at radius 3 is 2.00 bits per heavy atom. The average Bonchev–Trinajstić information content (AvgIpc) is 3.42. The SMILES string of the molecule is COc1ccc(C(OC[C@H]2O[C@@H](n3ccc(=[SH]CCC#N)[nH]c3=O)[C@H](O[Si](C)(C)C(C)(C)C)[C@H]2O)(c2ccccc2)c2ccc(OC)cc2)cc1. The summed E-state index contributed by atoms with van der Waals surface area (Å²) in [5, 5.41) is 20.8. The molecule has 2 N–H and O–H groups in total. The first-order chi connectivity index (χ1) is 24.3. The molecule has 0 spiro atoms. The van der Waals surface area contributed by atoms with Gasteiger partial charge in [0.1, 0.15) is 35.4 Å². The maximum absolute atomic E-state index is 13.5. The summed E-state index contributed by atoms with van der Waals surface area (Å²) >= 11 is 0.842. The Morgan fingerprint density at radius 1 is 0.922 bits per heavy atom. The van der Waals surface area contributed by atoms with Gasteiger partial charge < -0.3 is 33.5 Å². The summed E-state index contributed by atoms with van der Waals surface area (Å²) in [6, 6.07) is 29.3. The lowest BCUT2D eigenvalue weighted by Crippen LogP contribution is -2.49. The molecule has 0 unspecified atom stereocenters. The number of rotatable bonds is 13. The minimum Gasteiger partial charge on any atom is -0.497 e. The normalized spacial score (nSPS) is 20.0.